The van der Waals surface area contributed by atoms with E-state index < -0.39 is 114 Å². The van der Waals surface area contributed by atoms with Crippen molar-refractivity contribution in [2.24, 2.45) is 0 Å². The number of hydrogen-bond acceptors (Lipinski definition) is 18. The third-order valence-corrected chi connectivity index (χ3v) is 11.8. The van der Waals surface area contributed by atoms with Crippen LogP contribution >= 0.6 is 11.6 Å². The maximum Gasteiger partial charge on any atom is 0.303 e. The molecule has 1 amide bonds. The van der Waals surface area contributed by atoms with E-state index in [9.17, 15) is 32.4 Å². The second-order valence-corrected chi connectivity index (χ2v) is 17.4. The highest BCUT2D eigenvalue weighted by Gasteiger charge is 2.58. The average Bonchev–Trinajstić information content (AvgIpc) is 3.23. The Morgan fingerprint density at radius 2 is 1.32 bits per heavy atom. The van der Waals surface area contributed by atoms with Gasteiger partial charge in [0.05, 0.1) is 35.4 Å². The summed E-state index contributed by atoms with van der Waals surface area (Å²) in [5.74, 6) is -3.77. The fraction of sp³-hybridized carbons (Fsp3) is 0.477. The number of hydrogen-bond donors (Lipinski definition) is 1. The number of esters is 4. The second-order valence-electron chi connectivity index (χ2n) is 15.4. The van der Waals surface area contributed by atoms with Gasteiger partial charge in [-0.1, -0.05) is 65.7 Å². The number of rotatable bonds is 16. The molecular weight excluding hydrogens is 898 g/mol. The molecule has 0 aliphatic carbocycles. The Balaban J connectivity index is 1.37. The average molecular weight is 948 g/mol. The summed E-state index contributed by atoms with van der Waals surface area (Å²) in [6.45, 7) is 6.25. The summed E-state index contributed by atoms with van der Waals surface area (Å²) in [5.41, 5.74) is 2.38. The van der Waals surface area contributed by atoms with E-state index in [2.05, 4.69) is 5.32 Å². The Kier molecular flexibility index (Phi) is 16.7. The lowest BCUT2D eigenvalue weighted by Crippen LogP contribution is -2.68. The molecular formula is C44H50ClNO18S. The third-order valence-electron chi connectivity index (χ3n) is 10.1. The van der Waals surface area contributed by atoms with E-state index in [1.165, 1.54) is 31.2 Å². The van der Waals surface area contributed by atoms with Crippen molar-refractivity contribution in [2.75, 3.05) is 18.5 Å². The van der Waals surface area contributed by atoms with Crippen LogP contribution in [0.4, 0.5) is 5.69 Å². The number of anilines is 1. The van der Waals surface area contributed by atoms with Gasteiger partial charge in [-0.3, -0.25) is 28.2 Å². The van der Waals surface area contributed by atoms with Crippen LogP contribution in [0.15, 0.2) is 77.7 Å². The third kappa shape index (κ3) is 13.3. The molecule has 1 N–H and O–H groups in total. The first-order valence-corrected chi connectivity index (χ1v) is 22.3. The molecule has 0 radical (unpaired) electrons. The summed E-state index contributed by atoms with van der Waals surface area (Å²) in [6, 6.07) is 19.8. The summed E-state index contributed by atoms with van der Waals surface area (Å²) in [6.07, 6.45) is -15.4. The quantitative estimate of drug-likeness (QED) is 0.121. The largest absolute Gasteiger partial charge is 0.455 e. The zero-order chi connectivity index (χ0) is 47.0. The van der Waals surface area contributed by atoms with Crippen LogP contribution in [0.2, 0.25) is 5.02 Å². The predicted molar refractivity (Wildman–Crippen MR) is 224 cm³/mol. The molecule has 65 heavy (non-hydrogen) atoms. The van der Waals surface area contributed by atoms with Crippen molar-refractivity contribution in [3.63, 3.8) is 0 Å². The van der Waals surface area contributed by atoms with E-state index >= 15 is 0 Å². The van der Waals surface area contributed by atoms with Crippen molar-refractivity contribution in [3.8, 4) is 0 Å². The van der Waals surface area contributed by atoms with Crippen molar-refractivity contribution in [2.45, 2.75) is 127 Å². The highest BCUT2D eigenvalue weighted by molar-refractivity contribution is 7.86. The van der Waals surface area contributed by atoms with Crippen molar-refractivity contribution in [1.29, 1.82) is 0 Å². The molecule has 3 fully saturated rings. The summed E-state index contributed by atoms with van der Waals surface area (Å²) in [4.78, 5) is 62.8. The molecule has 3 aliphatic heterocycles. The Hall–Kier alpha value is -5.03. The van der Waals surface area contributed by atoms with E-state index in [1.807, 2.05) is 30.3 Å². The van der Waals surface area contributed by atoms with Crippen molar-refractivity contribution >= 4 is 57.2 Å². The van der Waals surface area contributed by atoms with Crippen molar-refractivity contribution < 1.29 is 83.9 Å². The topological polar surface area (TPSA) is 233 Å². The molecule has 0 spiro atoms. The first-order chi connectivity index (χ1) is 30.9. The molecule has 21 heteroatoms. The first-order valence-electron chi connectivity index (χ1n) is 20.5. The summed E-state index contributed by atoms with van der Waals surface area (Å²) >= 11 is 6.28. The molecule has 6 rings (SSSR count). The van der Waals surface area contributed by atoms with Gasteiger partial charge in [-0.05, 0) is 42.3 Å². The maximum absolute atomic E-state index is 13.6. The number of aryl methyl sites for hydroxylation is 1. The zero-order valence-electron chi connectivity index (χ0n) is 36.2. The van der Waals surface area contributed by atoms with Crippen LogP contribution in [0, 0.1) is 6.92 Å². The van der Waals surface area contributed by atoms with Crippen molar-refractivity contribution in [3.05, 3.63) is 94.5 Å². The van der Waals surface area contributed by atoms with Gasteiger partial charge >= 0.3 is 23.9 Å². The fourth-order valence-electron chi connectivity index (χ4n) is 7.42. The number of amides is 1. The molecule has 3 saturated heterocycles. The Morgan fingerprint density at radius 3 is 1.95 bits per heavy atom. The van der Waals surface area contributed by atoms with Crippen LogP contribution in [-0.2, 0) is 98.7 Å². The molecule has 3 aromatic rings. The number of carbonyl (C=O) groups is 5. The van der Waals surface area contributed by atoms with Gasteiger partial charge in [0, 0.05) is 41.0 Å². The van der Waals surface area contributed by atoms with E-state index in [-0.39, 0.29) is 28.8 Å². The Morgan fingerprint density at radius 1 is 0.708 bits per heavy atom. The van der Waals surface area contributed by atoms with Gasteiger partial charge in [-0.25, -0.2) is 0 Å². The fourth-order valence-corrected chi connectivity index (χ4v) is 8.51. The minimum absolute atomic E-state index is 0.122. The normalized spacial score (nSPS) is 27.6. The minimum atomic E-state index is -4.50. The number of nitrogens with one attached hydrogen (secondary N) is 1. The summed E-state index contributed by atoms with van der Waals surface area (Å²) < 4.78 is 93.4. The number of benzene rings is 3. The smallest absolute Gasteiger partial charge is 0.303 e. The van der Waals surface area contributed by atoms with Gasteiger partial charge in [0.2, 0.25) is 5.91 Å². The lowest BCUT2D eigenvalue weighted by atomic mass is 9.95. The van der Waals surface area contributed by atoms with Crippen LogP contribution in [-0.4, -0.2) is 119 Å². The standard InChI is InChI=1S/C44H50ClNO18S/c1-23-12-15-31(16-13-23)65(52,53)56-22-35-38(40(58-26(4)49)41(59-27(5)50)43(61-35)55-20-30-14-17-32(45)33(18-30)46-24(2)47)64-44-42(60-28(6)51)39(57-25(3)48)37-34(62-44)21-54-36(63-37)19-29-10-8-7-9-11-29/h7-18,34-44H,19-22H2,1-6H3,(H,46,47)/t34-,35-,36?,37-,38-,39+,40+,41-,42-,43-,44-/m1/s1. The van der Waals surface area contributed by atoms with Crippen LogP contribution in [0.3, 0.4) is 0 Å². The molecule has 3 aliphatic rings. The van der Waals surface area contributed by atoms with E-state index in [0.29, 0.717) is 12.0 Å². The molecule has 3 aromatic carbocycles. The highest BCUT2D eigenvalue weighted by atomic mass is 35.5. The van der Waals surface area contributed by atoms with Crippen LogP contribution in [0.25, 0.3) is 0 Å². The van der Waals surface area contributed by atoms with Gasteiger partial charge in [-0.2, -0.15) is 8.42 Å². The van der Waals surface area contributed by atoms with Crippen LogP contribution in [0.1, 0.15) is 51.3 Å². The van der Waals surface area contributed by atoms with E-state index in [0.717, 1.165) is 38.8 Å². The van der Waals surface area contributed by atoms with E-state index in [1.54, 1.807) is 25.1 Å². The molecule has 1 unspecified atom stereocenters. The number of carbonyl (C=O) groups excluding carboxylic acids is 5. The zero-order valence-corrected chi connectivity index (χ0v) is 37.8. The van der Waals surface area contributed by atoms with Gasteiger partial charge < -0.3 is 52.7 Å². The second kappa shape index (κ2) is 22.0. The van der Waals surface area contributed by atoms with Crippen molar-refractivity contribution in [1.82, 2.24) is 0 Å². The van der Waals surface area contributed by atoms with Gasteiger partial charge in [0.15, 0.2) is 43.3 Å². The Labute approximate surface area is 380 Å². The first kappa shape index (κ1) is 49.4. The van der Waals surface area contributed by atoms with Gasteiger partial charge in [0.25, 0.3) is 10.1 Å². The van der Waals surface area contributed by atoms with E-state index in [4.69, 9.17) is 63.2 Å². The Bertz CT molecular complexity index is 2280. The minimum Gasteiger partial charge on any atom is -0.455 e. The molecule has 0 saturated carbocycles. The highest BCUT2D eigenvalue weighted by Crippen LogP contribution is 2.38. The molecule has 19 nitrogen and oxygen atoms in total. The number of halogens is 1. The number of fused-ring (bicyclic) bond motifs is 1. The molecule has 3 heterocycles. The summed E-state index contributed by atoms with van der Waals surface area (Å²) in [5, 5.41) is 2.84. The molecule has 0 bridgehead atoms. The number of ether oxygens (including phenoxy) is 10. The molecule has 352 valence electrons. The lowest BCUT2D eigenvalue weighted by molar-refractivity contribution is -0.384. The van der Waals surface area contributed by atoms with Crippen LogP contribution < -0.4 is 5.32 Å². The monoisotopic (exact) mass is 947 g/mol. The van der Waals surface area contributed by atoms with Crippen LogP contribution in [0.5, 0.6) is 0 Å². The summed E-state index contributed by atoms with van der Waals surface area (Å²) in [7, 11) is -4.50. The predicted octanol–water partition coefficient (Wildman–Crippen LogP) is 4.07. The molecule has 11 atom stereocenters. The van der Waals surface area contributed by atoms with Gasteiger partial charge in [-0.15, -0.1) is 0 Å². The SMILES string of the molecule is CC(=O)Nc1cc(CO[C@@H]2O[C@H](COS(=O)(=O)c3ccc(C)cc3)[C@@H](O[C@H]3O[C@@H]4COC(Cc5ccccc5)O[C@H]4[C@H](OC(C)=O)[C@H]3OC(C)=O)[C@H](OC(C)=O)[C@H]2OC(C)=O)ccc1Cl. The lowest BCUT2D eigenvalue weighted by Gasteiger charge is -2.50. The maximum atomic E-state index is 13.6. The molecule has 0 aromatic heterocycles. The van der Waals surface area contributed by atoms with Gasteiger partial charge in [0.1, 0.15) is 24.4 Å².